The lowest BCUT2D eigenvalue weighted by molar-refractivity contribution is -0.138. The van der Waals surface area contributed by atoms with E-state index < -0.39 is 48.1 Å². The summed E-state index contributed by atoms with van der Waals surface area (Å²) in [5, 5.41) is 8.87. The highest BCUT2D eigenvalue weighted by Crippen LogP contribution is 2.35. The van der Waals surface area contributed by atoms with E-state index >= 15 is 0 Å². The van der Waals surface area contributed by atoms with E-state index in [-0.39, 0.29) is 0 Å². The van der Waals surface area contributed by atoms with Crippen molar-refractivity contribution in [2.45, 2.75) is 25.8 Å². The molecule has 1 aromatic heterocycles. The first-order chi connectivity index (χ1) is 7.82. The second-order valence-electron chi connectivity index (χ2n) is 3.17. The highest BCUT2D eigenvalue weighted by atomic mass is 19.4. The summed E-state index contributed by atoms with van der Waals surface area (Å²) in [4.78, 5) is 3.04. The molecule has 0 fully saturated rings. The van der Waals surface area contributed by atoms with Crippen molar-refractivity contribution < 1.29 is 27.1 Å². The van der Waals surface area contributed by atoms with Gasteiger partial charge in [0, 0.05) is 18.3 Å². The molecule has 0 spiro atoms. The van der Waals surface area contributed by atoms with E-state index in [0.717, 1.165) is 0 Å². The van der Waals surface area contributed by atoms with Gasteiger partial charge in [0.05, 0.1) is 12.2 Å². The van der Waals surface area contributed by atoms with Crippen LogP contribution in [0.25, 0.3) is 0 Å². The Morgan fingerprint density at radius 2 is 1.88 bits per heavy atom. The van der Waals surface area contributed by atoms with Crippen LogP contribution in [-0.2, 0) is 19.3 Å². The van der Waals surface area contributed by atoms with Gasteiger partial charge in [-0.3, -0.25) is 4.98 Å². The lowest BCUT2D eigenvalue weighted by atomic mass is 10.0. The number of pyridine rings is 1. The third-order valence-electron chi connectivity index (χ3n) is 2.21. The Balaban J connectivity index is 3.49. The lowest BCUT2D eigenvalue weighted by Gasteiger charge is -2.16. The van der Waals surface area contributed by atoms with Gasteiger partial charge in [0.1, 0.15) is 5.69 Å². The van der Waals surface area contributed by atoms with Gasteiger partial charge in [0.2, 0.25) is 0 Å². The number of aromatic nitrogens is 1. The fraction of sp³-hybridized carbons (Fsp3) is 0.444. The molecule has 1 rings (SSSR count). The van der Waals surface area contributed by atoms with E-state index in [1.54, 1.807) is 0 Å². The van der Waals surface area contributed by atoms with Crippen LogP contribution < -0.4 is 5.73 Å². The first kappa shape index (κ1) is 13.8. The highest BCUT2D eigenvalue weighted by molar-refractivity contribution is 5.38. The monoisotopic (exact) mass is 256 g/mol. The lowest BCUT2D eigenvalue weighted by Crippen LogP contribution is -2.17. The van der Waals surface area contributed by atoms with Crippen molar-refractivity contribution >= 4 is 0 Å². The maximum atomic E-state index is 12.5. The minimum Gasteiger partial charge on any atom is -0.392 e. The van der Waals surface area contributed by atoms with Crippen molar-refractivity contribution in [1.82, 2.24) is 4.98 Å². The molecule has 0 aliphatic carbocycles. The summed E-state index contributed by atoms with van der Waals surface area (Å²) >= 11 is 0. The maximum Gasteiger partial charge on any atom is 0.418 e. The van der Waals surface area contributed by atoms with Crippen LogP contribution in [0.2, 0.25) is 0 Å². The van der Waals surface area contributed by atoms with Gasteiger partial charge in [0.25, 0.3) is 6.43 Å². The molecule has 0 aromatic carbocycles. The Kier molecular flexibility index (Phi) is 3.99. The Morgan fingerprint density at radius 3 is 2.24 bits per heavy atom. The Bertz CT molecular complexity index is 405. The van der Waals surface area contributed by atoms with Crippen LogP contribution in [0.4, 0.5) is 22.0 Å². The van der Waals surface area contributed by atoms with Gasteiger partial charge in [-0.05, 0) is 5.56 Å². The van der Waals surface area contributed by atoms with Crippen LogP contribution >= 0.6 is 0 Å². The molecule has 0 saturated heterocycles. The zero-order chi connectivity index (χ0) is 13.2. The van der Waals surface area contributed by atoms with Crippen LogP contribution in [0.5, 0.6) is 0 Å². The summed E-state index contributed by atoms with van der Waals surface area (Å²) in [5.41, 5.74) is 1.93. The van der Waals surface area contributed by atoms with Gasteiger partial charge < -0.3 is 10.8 Å². The number of rotatable bonds is 3. The third kappa shape index (κ3) is 2.70. The molecule has 0 atom stereocenters. The molecule has 0 unspecified atom stereocenters. The summed E-state index contributed by atoms with van der Waals surface area (Å²) in [5.74, 6) is 0. The van der Waals surface area contributed by atoms with Crippen molar-refractivity contribution in [3.05, 3.63) is 28.6 Å². The number of aliphatic hydroxyl groups is 1. The van der Waals surface area contributed by atoms with E-state index in [1.807, 2.05) is 0 Å². The molecule has 0 aliphatic rings. The third-order valence-corrected chi connectivity index (χ3v) is 2.21. The number of halogens is 5. The molecule has 96 valence electrons. The van der Waals surface area contributed by atoms with Gasteiger partial charge >= 0.3 is 6.18 Å². The molecular weight excluding hydrogens is 247 g/mol. The highest BCUT2D eigenvalue weighted by Gasteiger charge is 2.35. The zero-order valence-corrected chi connectivity index (χ0v) is 8.43. The van der Waals surface area contributed by atoms with E-state index in [1.165, 1.54) is 0 Å². The number of nitrogens with two attached hydrogens (primary N) is 1. The molecule has 0 amide bonds. The first-order valence-corrected chi connectivity index (χ1v) is 4.49. The van der Waals surface area contributed by atoms with Gasteiger partial charge in [-0.2, -0.15) is 13.2 Å². The van der Waals surface area contributed by atoms with Crippen LogP contribution in [0, 0.1) is 0 Å². The van der Waals surface area contributed by atoms with Gasteiger partial charge in [-0.1, -0.05) is 0 Å². The molecule has 3 nitrogen and oxygen atoms in total. The Hall–Kier alpha value is -1.28. The van der Waals surface area contributed by atoms with Crippen molar-refractivity contribution in [2.24, 2.45) is 5.73 Å². The quantitative estimate of drug-likeness (QED) is 0.813. The predicted molar refractivity (Wildman–Crippen MR) is 48.0 cm³/mol. The number of hydrogen-bond acceptors (Lipinski definition) is 3. The predicted octanol–water partition coefficient (Wildman–Crippen LogP) is 1.99. The van der Waals surface area contributed by atoms with E-state index in [2.05, 4.69) is 4.98 Å². The fourth-order valence-corrected chi connectivity index (χ4v) is 1.45. The summed E-state index contributed by atoms with van der Waals surface area (Å²) in [7, 11) is 0. The minimum atomic E-state index is -4.74. The first-order valence-electron chi connectivity index (χ1n) is 4.49. The molecule has 0 saturated carbocycles. The second kappa shape index (κ2) is 4.92. The molecule has 1 heterocycles. The summed E-state index contributed by atoms with van der Waals surface area (Å²) in [6, 6.07) is 0. The molecule has 3 N–H and O–H groups in total. The van der Waals surface area contributed by atoms with Crippen LogP contribution in [-0.4, -0.2) is 10.1 Å². The van der Waals surface area contributed by atoms with E-state index in [0.29, 0.717) is 6.20 Å². The van der Waals surface area contributed by atoms with Crippen molar-refractivity contribution in [3.8, 4) is 0 Å². The average molecular weight is 256 g/mol. The summed E-state index contributed by atoms with van der Waals surface area (Å²) < 4.78 is 62.5. The van der Waals surface area contributed by atoms with Crippen molar-refractivity contribution in [1.29, 1.82) is 0 Å². The topological polar surface area (TPSA) is 59.1 Å². The van der Waals surface area contributed by atoms with Gasteiger partial charge in [-0.15, -0.1) is 0 Å². The number of alkyl halides is 5. The Labute approximate surface area is 93.1 Å². The van der Waals surface area contributed by atoms with Crippen LogP contribution in [0.15, 0.2) is 6.20 Å². The fourth-order valence-electron chi connectivity index (χ4n) is 1.45. The normalized spacial score (nSPS) is 12.2. The molecule has 0 bridgehead atoms. The zero-order valence-electron chi connectivity index (χ0n) is 8.43. The molecular formula is C9H9F5N2O. The van der Waals surface area contributed by atoms with Gasteiger partial charge in [0.15, 0.2) is 0 Å². The minimum absolute atomic E-state index is 0.308. The van der Waals surface area contributed by atoms with Gasteiger partial charge in [-0.25, -0.2) is 8.78 Å². The van der Waals surface area contributed by atoms with Crippen molar-refractivity contribution in [3.63, 3.8) is 0 Å². The Morgan fingerprint density at radius 1 is 1.29 bits per heavy atom. The number of hydrogen-bond donors (Lipinski definition) is 2. The van der Waals surface area contributed by atoms with E-state index in [4.69, 9.17) is 10.8 Å². The smallest absolute Gasteiger partial charge is 0.392 e. The van der Waals surface area contributed by atoms with Crippen LogP contribution in [0.3, 0.4) is 0 Å². The molecule has 1 aromatic rings. The summed E-state index contributed by atoms with van der Waals surface area (Å²) in [6.07, 6.45) is -7.50. The average Bonchev–Trinajstić information content (AvgIpc) is 2.25. The standard InChI is InChI=1S/C9H9F5N2O/c10-8(11)7-5(3-17)4(1-15)6(2-16-7)9(12,13)14/h2,8,17H,1,3,15H2. The molecule has 8 heteroatoms. The number of nitrogens with zero attached hydrogens (tertiary/aromatic N) is 1. The molecule has 0 aliphatic heterocycles. The summed E-state index contributed by atoms with van der Waals surface area (Å²) in [6.45, 7) is -1.57. The molecule has 0 radical (unpaired) electrons. The van der Waals surface area contributed by atoms with Crippen molar-refractivity contribution in [2.75, 3.05) is 0 Å². The maximum absolute atomic E-state index is 12.5. The number of aliphatic hydroxyl groups excluding tert-OH is 1. The second-order valence-corrected chi connectivity index (χ2v) is 3.17. The van der Waals surface area contributed by atoms with E-state index in [9.17, 15) is 22.0 Å². The van der Waals surface area contributed by atoms with Crippen LogP contribution in [0.1, 0.15) is 28.8 Å². The SMILES string of the molecule is NCc1c(C(F)(F)F)cnc(C(F)F)c1CO. The molecule has 17 heavy (non-hydrogen) atoms. The largest absolute Gasteiger partial charge is 0.418 e.